The Balaban J connectivity index is 1.44. The Morgan fingerprint density at radius 2 is 1.62 bits per heavy atom. The number of ketones is 3. The predicted octanol–water partition coefficient (Wildman–Crippen LogP) is 9.17. The van der Waals surface area contributed by atoms with Crippen LogP contribution in [0.2, 0.25) is 0 Å². The summed E-state index contributed by atoms with van der Waals surface area (Å²) in [5, 5.41) is 23.6. The summed E-state index contributed by atoms with van der Waals surface area (Å²) >= 11 is 3.53. The molecule has 1 aliphatic carbocycles. The van der Waals surface area contributed by atoms with Crippen molar-refractivity contribution in [2.75, 3.05) is 27.9 Å². The van der Waals surface area contributed by atoms with Gasteiger partial charge in [-0.15, -0.1) is 0 Å². The number of rotatable bonds is 9. The Morgan fingerprint density at radius 1 is 0.863 bits per heavy atom. The first-order valence-corrected chi connectivity index (χ1v) is 27.3. The number of aliphatic hydroxyl groups excluding tert-OH is 1. The smallest absolute Gasteiger partial charge is 0.329 e. The number of carbonyl (C=O) groups is 5. The van der Waals surface area contributed by atoms with Crippen LogP contribution in [0.4, 0.5) is 0 Å². The number of esters is 1. The Kier molecular flexibility index (Phi) is 23.5. The van der Waals surface area contributed by atoms with Gasteiger partial charge in [0.2, 0.25) is 5.79 Å². The summed E-state index contributed by atoms with van der Waals surface area (Å²) in [6.07, 6.45) is 12.3. The molecule has 15 heteroatoms. The topological polar surface area (TPSA) is 184 Å². The minimum absolute atomic E-state index is 0.0168. The van der Waals surface area contributed by atoms with E-state index in [1.165, 1.54) is 12.0 Å². The van der Waals surface area contributed by atoms with Gasteiger partial charge in [0.05, 0.1) is 31.0 Å². The molecule has 0 unspecified atom stereocenters. The molecule has 1 amide bonds. The highest BCUT2D eigenvalue weighted by Gasteiger charge is 2.53. The molecule has 2 saturated heterocycles. The summed E-state index contributed by atoms with van der Waals surface area (Å²) < 4.78 is 37.4. The molecular weight excluding hydrogens is 999 g/mol. The van der Waals surface area contributed by atoms with E-state index in [0.29, 0.717) is 63.5 Å². The van der Waals surface area contributed by atoms with Gasteiger partial charge in [-0.1, -0.05) is 99.1 Å². The summed E-state index contributed by atoms with van der Waals surface area (Å²) in [6, 6.07) is 6.85. The summed E-state index contributed by atoms with van der Waals surface area (Å²) in [5.41, 5.74) is 2.32. The number of aliphatic hydroxyl groups is 2. The standard InChI is InChI=1S/C58H84BrNO13/c1-35-17-12-11-13-18-36(2)49(68-8)32-45-24-22-41(7)58(67,73-45)55(64)56(65)60-26-15-14-21-46(60)57(66)72-50(33-47(61)37(3)28-40(6)53(63)54(70-10)52(62)39(5)27-35)38(4)29-42-23-25-48(51(31-42)69-9)71-34-43-19-16-20-44(59)30-43/h11-13,16-20,28,30,35,37-39,41-42,45-46,48-51,53-54,63,67H,14-15,21-27,29,31-34H2,1-10H3/b13-11+,17-12+,36-18+,40-28+/t35-,37-,38-,39-,41-,42+,45+,46+,48-,49+,50+,51-,53-,54+,58-/m1/s1. The van der Waals surface area contributed by atoms with Gasteiger partial charge in [0.1, 0.15) is 30.1 Å². The SMILES string of the molecule is CO[C@H]1C[C@@H]2CC[C@@H](C)[C@@](O)(O2)C(=O)C(=O)N2CCCC[C@H]2C(=O)O[C@H]([C@H](C)C[C@@H]2CC[C@@H](OCc3cccc(Br)c3)[C@H](OC)C2)CC(=O)[C@H](C)/C=C(\C)[C@@H](O)[C@@H](OC)C(=O)[C@H](C)C[C@H](C)/C=C/C=C/C=C/1C. The van der Waals surface area contributed by atoms with Crippen molar-refractivity contribution >= 4 is 45.2 Å². The molecule has 1 saturated carbocycles. The van der Waals surface area contributed by atoms with Crippen LogP contribution in [0.15, 0.2) is 76.3 Å². The van der Waals surface area contributed by atoms with Gasteiger partial charge in [0.25, 0.3) is 11.7 Å². The number of carbonyl (C=O) groups excluding carboxylic acids is 5. The van der Waals surface area contributed by atoms with E-state index in [1.54, 1.807) is 41.1 Å². The molecule has 406 valence electrons. The van der Waals surface area contributed by atoms with Crippen LogP contribution >= 0.6 is 15.9 Å². The number of halogens is 1. The molecule has 2 bridgehead atoms. The number of hydrogen-bond donors (Lipinski definition) is 2. The zero-order chi connectivity index (χ0) is 53.6. The van der Waals surface area contributed by atoms with Gasteiger partial charge in [-0.25, -0.2) is 4.79 Å². The lowest BCUT2D eigenvalue weighted by atomic mass is 9.78. The highest BCUT2D eigenvalue weighted by Crippen LogP contribution is 2.38. The molecule has 0 aromatic heterocycles. The third-order valence-corrected chi connectivity index (χ3v) is 16.3. The van der Waals surface area contributed by atoms with Crippen LogP contribution in [0.5, 0.6) is 0 Å². The zero-order valence-electron chi connectivity index (χ0n) is 45.0. The van der Waals surface area contributed by atoms with Crippen molar-refractivity contribution < 1.29 is 62.6 Å². The fraction of sp³-hybridized carbons (Fsp3) is 0.672. The Bertz CT molecular complexity index is 2150. The van der Waals surface area contributed by atoms with Gasteiger partial charge in [-0.2, -0.15) is 0 Å². The van der Waals surface area contributed by atoms with Crippen LogP contribution < -0.4 is 0 Å². The number of piperidine rings is 1. The Hall–Kier alpha value is -3.67. The molecule has 15 atom stereocenters. The number of methoxy groups -OCH3 is 3. The molecule has 3 fully saturated rings. The summed E-state index contributed by atoms with van der Waals surface area (Å²) in [7, 11) is 4.65. The quantitative estimate of drug-likeness (QED) is 0.136. The van der Waals surface area contributed by atoms with Gasteiger partial charge in [-0.3, -0.25) is 19.2 Å². The molecule has 0 radical (unpaired) electrons. The first-order chi connectivity index (χ1) is 34.7. The lowest BCUT2D eigenvalue weighted by molar-refractivity contribution is -0.265. The summed E-state index contributed by atoms with van der Waals surface area (Å²) in [6.45, 7) is 13.3. The lowest BCUT2D eigenvalue weighted by Gasteiger charge is -2.42. The Labute approximate surface area is 442 Å². The zero-order valence-corrected chi connectivity index (χ0v) is 46.6. The van der Waals surface area contributed by atoms with Crippen molar-refractivity contribution in [2.24, 2.45) is 35.5 Å². The molecule has 5 rings (SSSR count). The highest BCUT2D eigenvalue weighted by atomic mass is 79.9. The third-order valence-electron chi connectivity index (χ3n) is 15.8. The van der Waals surface area contributed by atoms with Gasteiger partial charge in [0, 0.05) is 62.9 Å². The van der Waals surface area contributed by atoms with Crippen molar-refractivity contribution in [1.29, 1.82) is 0 Å². The lowest BCUT2D eigenvalue weighted by Crippen LogP contribution is -2.61. The first kappa shape index (κ1) is 60.2. The minimum atomic E-state index is -2.43. The first-order valence-electron chi connectivity index (χ1n) is 26.6. The highest BCUT2D eigenvalue weighted by molar-refractivity contribution is 9.10. The third kappa shape index (κ3) is 16.4. The number of Topliss-reactive ketones (excluding diaryl/α,β-unsaturated/α-hetero) is 3. The van der Waals surface area contributed by atoms with E-state index >= 15 is 0 Å². The maximum absolute atomic E-state index is 14.6. The van der Waals surface area contributed by atoms with Gasteiger partial charge >= 0.3 is 5.97 Å². The van der Waals surface area contributed by atoms with E-state index in [2.05, 4.69) is 15.9 Å². The van der Waals surface area contributed by atoms with Crippen LogP contribution in [0.1, 0.15) is 131 Å². The van der Waals surface area contributed by atoms with Crippen molar-refractivity contribution in [2.45, 2.75) is 187 Å². The van der Waals surface area contributed by atoms with Gasteiger partial charge in [0.15, 0.2) is 5.78 Å². The van der Waals surface area contributed by atoms with Crippen molar-refractivity contribution in [1.82, 2.24) is 4.90 Å². The fourth-order valence-corrected chi connectivity index (χ4v) is 11.6. The number of benzene rings is 1. The van der Waals surface area contributed by atoms with Crippen LogP contribution in [-0.2, 0) is 59.0 Å². The molecule has 2 N–H and O–H groups in total. The number of cyclic esters (lactones) is 1. The van der Waals surface area contributed by atoms with E-state index < -0.39 is 77.8 Å². The van der Waals surface area contributed by atoms with Crippen LogP contribution in [0.3, 0.4) is 0 Å². The van der Waals surface area contributed by atoms with E-state index in [-0.39, 0.29) is 60.9 Å². The van der Waals surface area contributed by atoms with Gasteiger partial charge in [-0.05, 0) is 125 Å². The minimum Gasteiger partial charge on any atom is -0.460 e. The van der Waals surface area contributed by atoms with E-state index in [0.717, 1.165) is 28.5 Å². The fourth-order valence-electron chi connectivity index (χ4n) is 11.1. The number of hydrogen-bond acceptors (Lipinski definition) is 13. The van der Waals surface area contributed by atoms with Crippen molar-refractivity contribution in [3.63, 3.8) is 0 Å². The van der Waals surface area contributed by atoms with E-state index in [4.69, 9.17) is 28.4 Å². The Morgan fingerprint density at radius 3 is 2.32 bits per heavy atom. The number of ether oxygens (including phenoxy) is 6. The summed E-state index contributed by atoms with van der Waals surface area (Å²) in [5.74, 6) is -7.88. The number of amides is 1. The predicted molar refractivity (Wildman–Crippen MR) is 282 cm³/mol. The largest absolute Gasteiger partial charge is 0.460 e. The number of allylic oxidation sites excluding steroid dienone is 6. The molecule has 73 heavy (non-hydrogen) atoms. The van der Waals surface area contributed by atoms with Crippen LogP contribution in [0, 0.1) is 35.5 Å². The second-order valence-corrected chi connectivity index (χ2v) is 22.4. The van der Waals surface area contributed by atoms with Crippen LogP contribution in [-0.4, -0.2) is 127 Å². The number of fused-ring (bicyclic) bond motifs is 3. The normalized spacial score (nSPS) is 37.2. The molecule has 3 heterocycles. The number of nitrogens with zero attached hydrogens (tertiary/aromatic N) is 1. The van der Waals surface area contributed by atoms with Gasteiger partial charge < -0.3 is 43.5 Å². The maximum atomic E-state index is 14.6. The average Bonchev–Trinajstić information content (AvgIpc) is 3.37. The summed E-state index contributed by atoms with van der Waals surface area (Å²) in [4.78, 5) is 72.6. The monoisotopic (exact) mass is 1080 g/mol. The molecule has 1 aromatic carbocycles. The second kappa shape index (κ2) is 28.5. The van der Waals surface area contributed by atoms with Crippen LogP contribution in [0.25, 0.3) is 0 Å². The molecular formula is C58H84BrNO13. The average molecular weight is 1080 g/mol. The van der Waals surface area contributed by atoms with E-state index in [9.17, 15) is 34.2 Å². The van der Waals surface area contributed by atoms with Crippen molar-refractivity contribution in [3.05, 3.63) is 81.9 Å². The molecule has 4 aliphatic rings. The molecule has 3 aliphatic heterocycles. The van der Waals surface area contributed by atoms with E-state index in [1.807, 2.05) is 82.3 Å². The molecule has 14 nitrogen and oxygen atoms in total. The van der Waals surface area contributed by atoms with Crippen molar-refractivity contribution in [3.8, 4) is 0 Å². The molecule has 1 aromatic rings. The maximum Gasteiger partial charge on any atom is 0.329 e. The molecule has 0 spiro atoms. The second-order valence-electron chi connectivity index (χ2n) is 21.5.